The summed E-state index contributed by atoms with van der Waals surface area (Å²) in [6, 6.07) is 6.04. The number of hydrogen-bond acceptors (Lipinski definition) is 3. The van der Waals surface area contributed by atoms with Gasteiger partial charge in [0, 0.05) is 18.8 Å². The van der Waals surface area contributed by atoms with Gasteiger partial charge in [-0.05, 0) is 50.5 Å². The van der Waals surface area contributed by atoms with Crippen LogP contribution in [-0.2, 0) is 9.53 Å². The van der Waals surface area contributed by atoms with Crippen molar-refractivity contribution in [2.24, 2.45) is 0 Å². The van der Waals surface area contributed by atoms with Crippen LogP contribution in [0.4, 0.5) is 10.1 Å². The van der Waals surface area contributed by atoms with E-state index in [2.05, 4.69) is 18.3 Å². The molecule has 0 saturated carbocycles. The van der Waals surface area contributed by atoms with E-state index in [4.69, 9.17) is 4.74 Å². The molecular formula is C18H23FN2O2. The van der Waals surface area contributed by atoms with Crippen LogP contribution in [0.2, 0.25) is 0 Å². The normalized spacial score (nSPS) is 20.3. The summed E-state index contributed by atoms with van der Waals surface area (Å²) in [5, 5.41) is 3.05. The third kappa shape index (κ3) is 3.91. The van der Waals surface area contributed by atoms with Gasteiger partial charge in [0.15, 0.2) is 0 Å². The van der Waals surface area contributed by atoms with Gasteiger partial charge in [-0.3, -0.25) is 4.79 Å². The lowest BCUT2D eigenvalue weighted by Crippen LogP contribution is -2.49. The van der Waals surface area contributed by atoms with E-state index in [9.17, 15) is 9.18 Å². The summed E-state index contributed by atoms with van der Waals surface area (Å²) in [5.41, 5.74) is 1.97. The van der Waals surface area contributed by atoms with E-state index in [0.717, 1.165) is 31.6 Å². The largest absolute Gasteiger partial charge is 0.376 e. The lowest BCUT2D eigenvalue weighted by Gasteiger charge is -2.42. The standard InChI is InChI=1S/C18H23FN2O2/c1-14-6-11-23-18(12-14)7-9-21(10-8-18)17(22)13-20-16-4-2-15(19)3-5-16/h2-5,12,20H,6-11,13H2,1H3. The summed E-state index contributed by atoms with van der Waals surface area (Å²) in [5.74, 6) is -0.209. The fourth-order valence-electron chi connectivity index (χ4n) is 3.26. The maximum Gasteiger partial charge on any atom is 0.241 e. The molecule has 1 saturated heterocycles. The molecule has 2 aliphatic rings. The van der Waals surface area contributed by atoms with Crippen molar-refractivity contribution in [2.75, 3.05) is 31.6 Å². The topological polar surface area (TPSA) is 41.6 Å². The van der Waals surface area contributed by atoms with Crippen molar-refractivity contribution in [3.05, 3.63) is 41.7 Å². The van der Waals surface area contributed by atoms with Crippen molar-refractivity contribution in [3.63, 3.8) is 0 Å². The molecule has 0 aromatic heterocycles. The number of piperidine rings is 1. The van der Waals surface area contributed by atoms with Gasteiger partial charge in [-0.1, -0.05) is 11.6 Å². The number of halogens is 1. The van der Waals surface area contributed by atoms with Crippen LogP contribution in [0.25, 0.3) is 0 Å². The molecule has 3 rings (SSSR count). The number of carbonyl (C=O) groups excluding carboxylic acids is 1. The highest BCUT2D eigenvalue weighted by atomic mass is 19.1. The third-order valence-electron chi connectivity index (χ3n) is 4.65. The van der Waals surface area contributed by atoms with E-state index >= 15 is 0 Å². The van der Waals surface area contributed by atoms with Crippen LogP contribution in [0, 0.1) is 5.82 Å². The molecule has 2 heterocycles. The van der Waals surface area contributed by atoms with Gasteiger partial charge in [0.2, 0.25) is 5.91 Å². The first-order valence-corrected chi connectivity index (χ1v) is 8.16. The number of likely N-dealkylation sites (tertiary alicyclic amines) is 1. The minimum Gasteiger partial charge on any atom is -0.376 e. The van der Waals surface area contributed by atoms with Crippen molar-refractivity contribution in [1.82, 2.24) is 4.90 Å². The summed E-state index contributed by atoms with van der Waals surface area (Å²) < 4.78 is 18.8. The first kappa shape index (κ1) is 16.0. The van der Waals surface area contributed by atoms with E-state index in [1.807, 2.05) is 4.90 Å². The molecule has 4 nitrogen and oxygen atoms in total. The zero-order valence-electron chi connectivity index (χ0n) is 13.5. The Labute approximate surface area is 136 Å². The van der Waals surface area contributed by atoms with Gasteiger partial charge in [0.1, 0.15) is 5.82 Å². The van der Waals surface area contributed by atoms with Crippen molar-refractivity contribution in [3.8, 4) is 0 Å². The van der Waals surface area contributed by atoms with Gasteiger partial charge in [0.05, 0.1) is 18.8 Å². The number of rotatable bonds is 3. The average Bonchev–Trinajstić information content (AvgIpc) is 2.54. The molecule has 1 N–H and O–H groups in total. The highest BCUT2D eigenvalue weighted by molar-refractivity contribution is 5.81. The number of benzene rings is 1. The Morgan fingerprint density at radius 3 is 2.65 bits per heavy atom. The van der Waals surface area contributed by atoms with Crippen LogP contribution in [0.1, 0.15) is 26.2 Å². The smallest absolute Gasteiger partial charge is 0.241 e. The van der Waals surface area contributed by atoms with Gasteiger partial charge < -0.3 is 15.0 Å². The van der Waals surface area contributed by atoms with Crippen LogP contribution in [0.15, 0.2) is 35.9 Å². The van der Waals surface area contributed by atoms with E-state index in [-0.39, 0.29) is 23.9 Å². The van der Waals surface area contributed by atoms with E-state index in [0.29, 0.717) is 13.1 Å². The summed E-state index contributed by atoms with van der Waals surface area (Å²) in [6.07, 6.45) is 4.96. The highest BCUT2D eigenvalue weighted by Crippen LogP contribution is 2.32. The molecule has 1 aromatic rings. The van der Waals surface area contributed by atoms with Crippen molar-refractivity contribution in [2.45, 2.75) is 31.8 Å². The zero-order chi connectivity index (χ0) is 16.3. The molecule has 1 spiro atoms. The van der Waals surface area contributed by atoms with Gasteiger partial charge in [-0.15, -0.1) is 0 Å². The molecule has 23 heavy (non-hydrogen) atoms. The molecule has 2 aliphatic heterocycles. The van der Waals surface area contributed by atoms with E-state index < -0.39 is 0 Å². The molecule has 0 aliphatic carbocycles. The minimum absolute atomic E-state index is 0.0701. The summed E-state index contributed by atoms with van der Waals surface area (Å²) in [4.78, 5) is 14.2. The lowest BCUT2D eigenvalue weighted by molar-refractivity contribution is -0.134. The highest BCUT2D eigenvalue weighted by Gasteiger charge is 2.36. The van der Waals surface area contributed by atoms with Crippen LogP contribution < -0.4 is 5.32 Å². The van der Waals surface area contributed by atoms with Gasteiger partial charge in [-0.25, -0.2) is 4.39 Å². The van der Waals surface area contributed by atoms with Gasteiger partial charge in [-0.2, -0.15) is 0 Å². The Kier molecular flexibility index (Phi) is 4.66. The minimum atomic E-state index is -0.279. The van der Waals surface area contributed by atoms with Gasteiger partial charge >= 0.3 is 0 Å². The number of nitrogens with zero attached hydrogens (tertiary/aromatic N) is 1. The van der Waals surface area contributed by atoms with E-state index in [1.54, 1.807) is 12.1 Å². The van der Waals surface area contributed by atoms with Crippen molar-refractivity contribution >= 4 is 11.6 Å². The maximum absolute atomic E-state index is 12.9. The second kappa shape index (κ2) is 6.71. The summed E-state index contributed by atoms with van der Waals surface area (Å²) in [6.45, 7) is 4.59. The van der Waals surface area contributed by atoms with Crippen LogP contribution in [0.3, 0.4) is 0 Å². The summed E-state index contributed by atoms with van der Waals surface area (Å²) in [7, 11) is 0. The Bertz CT molecular complexity index is 590. The zero-order valence-corrected chi connectivity index (χ0v) is 13.5. The predicted molar refractivity (Wildman–Crippen MR) is 87.8 cm³/mol. The maximum atomic E-state index is 12.9. The number of anilines is 1. The fraction of sp³-hybridized carbons (Fsp3) is 0.500. The number of hydrogen-bond donors (Lipinski definition) is 1. The second-order valence-corrected chi connectivity index (χ2v) is 6.40. The molecule has 0 bridgehead atoms. The summed E-state index contributed by atoms with van der Waals surface area (Å²) >= 11 is 0. The first-order chi connectivity index (χ1) is 11.1. The quantitative estimate of drug-likeness (QED) is 0.871. The molecule has 1 aromatic carbocycles. The predicted octanol–water partition coefficient (Wildman–Crippen LogP) is 2.97. The second-order valence-electron chi connectivity index (χ2n) is 6.40. The van der Waals surface area contributed by atoms with Crippen molar-refractivity contribution < 1.29 is 13.9 Å². The molecule has 0 atom stereocenters. The first-order valence-electron chi connectivity index (χ1n) is 8.16. The Morgan fingerprint density at radius 1 is 1.30 bits per heavy atom. The van der Waals surface area contributed by atoms with Crippen LogP contribution in [-0.4, -0.2) is 42.6 Å². The molecule has 0 radical (unpaired) electrons. The number of carbonyl (C=O) groups is 1. The SMILES string of the molecule is CC1=CC2(CCN(C(=O)CNc3ccc(F)cc3)CC2)OCC1. The number of nitrogens with one attached hydrogen (secondary N) is 1. The third-order valence-corrected chi connectivity index (χ3v) is 4.65. The molecular weight excluding hydrogens is 295 g/mol. The monoisotopic (exact) mass is 318 g/mol. The van der Waals surface area contributed by atoms with E-state index in [1.165, 1.54) is 17.7 Å². The average molecular weight is 318 g/mol. The molecule has 124 valence electrons. The Morgan fingerprint density at radius 2 is 2.00 bits per heavy atom. The Hall–Kier alpha value is -1.88. The van der Waals surface area contributed by atoms with Crippen molar-refractivity contribution in [1.29, 1.82) is 0 Å². The Balaban J connectivity index is 1.50. The fourth-order valence-corrected chi connectivity index (χ4v) is 3.26. The van der Waals surface area contributed by atoms with Crippen LogP contribution >= 0.6 is 0 Å². The molecule has 1 fully saturated rings. The number of ether oxygens (including phenoxy) is 1. The molecule has 1 amide bonds. The van der Waals surface area contributed by atoms with Crippen LogP contribution in [0.5, 0.6) is 0 Å². The van der Waals surface area contributed by atoms with Gasteiger partial charge in [0.25, 0.3) is 0 Å². The number of amides is 1. The lowest BCUT2D eigenvalue weighted by atomic mass is 9.87. The molecule has 0 unspecified atom stereocenters. The molecule has 5 heteroatoms.